The van der Waals surface area contributed by atoms with E-state index in [0.29, 0.717) is 12.8 Å². The average molecular weight is 1050 g/mol. The Kier molecular flexibility index (Phi) is 46.4. The second kappa shape index (κ2) is 50.6. The van der Waals surface area contributed by atoms with Crippen LogP contribution in [0.5, 0.6) is 0 Å². The summed E-state index contributed by atoms with van der Waals surface area (Å²) in [7, 11) is 0. The second-order valence-electron chi connectivity index (χ2n) is 19.3. The lowest BCUT2D eigenvalue weighted by Crippen LogP contribution is -2.61. The monoisotopic (exact) mass is 1050 g/mol. The van der Waals surface area contributed by atoms with Crippen molar-refractivity contribution in [2.75, 3.05) is 13.2 Å². The van der Waals surface area contributed by atoms with Gasteiger partial charge in [-0.2, -0.15) is 0 Å². The van der Waals surface area contributed by atoms with Gasteiger partial charge in [0.1, 0.15) is 24.4 Å². The number of hydrogen-bond acceptors (Lipinski definition) is 10. The molecule has 8 atom stereocenters. The van der Waals surface area contributed by atoms with E-state index in [1.807, 2.05) is 48.6 Å². The number of esters is 1. The predicted molar refractivity (Wildman–Crippen MR) is 310 cm³/mol. The zero-order valence-corrected chi connectivity index (χ0v) is 46.6. The highest BCUT2D eigenvalue weighted by atomic mass is 16.7. The van der Waals surface area contributed by atoms with E-state index in [4.69, 9.17) is 14.2 Å². The lowest BCUT2D eigenvalue weighted by molar-refractivity contribution is -0.305. The SMILES string of the molecule is CC/C=C\C/C=C\C/C=C\C/C=C\C/C=C\C/C=C\CCCCCCC(=O)OC1C(OCC(NC(=O)C(O)CCCC\C=C/C=C\C=C\C=C\CC)C(O)/C=C/CCCCCCCCCCC)OC(CO)C(O)C1O. The number of aliphatic hydroxyl groups is 5. The van der Waals surface area contributed by atoms with Crippen molar-refractivity contribution in [2.45, 2.75) is 243 Å². The first-order valence-electron chi connectivity index (χ1n) is 29.0. The van der Waals surface area contributed by atoms with E-state index in [1.165, 1.54) is 38.5 Å². The largest absolute Gasteiger partial charge is 0.454 e. The first-order chi connectivity index (χ1) is 36.7. The molecule has 11 heteroatoms. The number of amides is 1. The van der Waals surface area contributed by atoms with Crippen LogP contribution < -0.4 is 5.32 Å². The molecule has 0 bridgehead atoms. The van der Waals surface area contributed by atoms with Gasteiger partial charge >= 0.3 is 5.97 Å². The summed E-state index contributed by atoms with van der Waals surface area (Å²) in [6.07, 6.45) is 60.7. The fourth-order valence-electron chi connectivity index (χ4n) is 8.07. The highest BCUT2D eigenvalue weighted by molar-refractivity contribution is 5.80. The fraction of sp³-hybridized carbons (Fsp3) is 0.625. The van der Waals surface area contributed by atoms with Gasteiger partial charge in [-0.3, -0.25) is 9.59 Å². The molecule has 0 radical (unpaired) electrons. The zero-order chi connectivity index (χ0) is 54.7. The summed E-state index contributed by atoms with van der Waals surface area (Å²) in [5.74, 6) is -1.28. The molecule has 75 heavy (non-hydrogen) atoms. The number of carbonyl (C=O) groups excluding carboxylic acids is 2. The summed E-state index contributed by atoms with van der Waals surface area (Å²) in [6, 6.07) is -1.06. The van der Waals surface area contributed by atoms with Gasteiger partial charge in [-0.1, -0.05) is 225 Å². The summed E-state index contributed by atoms with van der Waals surface area (Å²) in [4.78, 5) is 26.4. The number of allylic oxidation sites excluding steroid dienone is 21. The topological polar surface area (TPSA) is 175 Å². The number of nitrogens with one attached hydrogen (secondary N) is 1. The molecule has 1 rings (SSSR count). The Hall–Kier alpha value is -4.20. The number of aliphatic hydroxyl groups excluding tert-OH is 5. The van der Waals surface area contributed by atoms with E-state index in [2.05, 4.69) is 105 Å². The number of hydrogen-bond donors (Lipinski definition) is 6. The summed E-state index contributed by atoms with van der Waals surface area (Å²) in [6.45, 7) is 5.44. The molecule has 1 aliphatic heterocycles. The quantitative estimate of drug-likeness (QED) is 0.0149. The Morgan fingerprint density at radius 3 is 1.60 bits per heavy atom. The van der Waals surface area contributed by atoms with Gasteiger partial charge in [-0.15, -0.1) is 0 Å². The molecule has 1 amide bonds. The van der Waals surface area contributed by atoms with Crippen molar-refractivity contribution in [1.82, 2.24) is 5.32 Å². The van der Waals surface area contributed by atoms with Gasteiger partial charge in [0.15, 0.2) is 12.4 Å². The van der Waals surface area contributed by atoms with Crippen molar-refractivity contribution < 1.29 is 49.3 Å². The minimum atomic E-state index is -1.64. The van der Waals surface area contributed by atoms with Gasteiger partial charge in [0.2, 0.25) is 5.91 Å². The standard InChI is InChI=1S/C64H103NO10/c1-4-7-10-13-16-19-22-24-25-26-27-28-29-30-31-32-33-34-37-40-43-46-49-52-59(69)75-62-61(71)60(70)58(53-66)74-64(62)73-54-55(56(67)50-47-44-41-38-35-21-18-15-12-9-6-3)65-63(72)57(68)51-48-45-42-39-36-23-20-17-14-11-8-5-2/h7-8,10-11,14,16-17,19-20,23-25,27-28,30-31,33-34,36,39,47,50,55-58,60-62,64,66-68,70-71H,4-6,9,12-13,15,18,21-22,26,29,32,35,37-38,40-46,48-49,51-54H2,1-3H3,(H,65,72)/b10-7-,11-8+,17-14+,19-16-,23-20-,25-24-,28-27-,31-30-,34-33-,39-36-,50-47+. The van der Waals surface area contributed by atoms with Crippen molar-refractivity contribution in [2.24, 2.45) is 0 Å². The minimum absolute atomic E-state index is 0.0799. The van der Waals surface area contributed by atoms with E-state index in [1.54, 1.807) is 6.08 Å². The van der Waals surface area contributed by atoms with Crippen molar-refractivity contribution in [3.05, 3.63) is 134 Å². The van der Waals surface area contributed by atoms with Gasteiger partial charge in [0.25, 0.3) is 0 Å². The van der Waals surface area contributed by atoms with Crippen LogP contribution in [0.4, 0.5) is 0 Å². The van der Waals surface area contributed by atoms with E-state index >= 15 is 0 Å². The van der Waals surface area contributed by atoms with Crippen molar-refractivity contribution >= 4 is 11.9 Å². The van der Waals surface area contributed by atoms with E-state index in [0.717, 1.165) is 109 Å². The average Bonchev–Trinajstić information content (AvgIpc) is 3.41. The Morgan fingerprint density at radius 1 is 0.547 bits per heavy atom. The summed E-state index contributed by atoms with van der Waals surface area (Å²) < 4.78 is 17.5. The van der Waals surface area contributed by atoms with E-state index in [9.17, 15) is 35.1 Å². The van der Waals surface area contributed by atoms with Crippen LogP contribution in [0.15, 0.2) is 134 Å². The molecule has 1 heterocycles. The van der Waals surface area contributed by atoms with Crippen LogP contribution in [-0.4, -0.2) is 99.6 Å². The third-order valence-electron chi connectivity index (χ3n) is 12.6. The fourth-order valence-corrected chi connectivity index (χ4v) is 8.07. The third-order valence-corrected chi connectivity index (χ3v) is 12.6. The minimum Gasteiger partial charge on any atom is -0.454 e. The smallest absolute Gasteiger partial charge is 0.306 e. The van der Waals surface area contributed by atoms with Crippen LogP contribution in [0, 0.1) is 0 Å². The van der Waals surface area contributed by atoms with Crippen molar-refractivity contribution in [3.8, 4) is 0 Å². The highest BCUT2D eigenvalue weighted by Crippen LogP contribution is 2.26. The lowest BCUT2D eigenvalue weighted by atomic mass is 9.99. The molecule has 1 aliphatic rings. The molecule has 0 aromatic heterocycles. The van der Waals surface area contributed by atoms with Crippen LogP contribution in [-0.2, 0) is 23.8 Å². The third kappa shape index (κ3) is 38.9. The Labute approximate surface area is 454 Å². The molecule has 0 aromatic carbocycles. The van der Waals surface area contributed by atoms with E-state index < -0.39 is 67.4 Å². The maximum absolute atomic E-state index is 13.3. The lowest BCUT2D eigenvalue weighted by Gasteiger charge is -2.41. The van der Waals surface area contributed by atoms with Crippen LogP contribution in [0.25, 0.3) is 0 Å². The van der Waals surface area contributed by atoms with Gasteiger partial charge < -0.3 is 45.1 Å². The molecule has 1 saturated heterocycles. The van der Waals surface area contributed by atoms with Gasteiger partial charge in [0.05, 0.1) is 25.4 Å². The first kappa shape index (κ1) is 68.8. The van der Waals surface area contributed by atoms with Crippen molar-refractivity contribution in [1.29, 1.82) is 0 Å². The highest BCUT2D eigenvalue weighted by Gasteiger charge is 2.47. The maximum atomic E-state index is 13.3. The first-order valence-corrected chi connectivity index (χ1v) is 29.0. The van der Waals surface area contributed by atoms with Crippen LogP contribution >= 0.6 is 0 Å². The second-order valence-corrected chi connectivity index (χ2v) is 19.3. The van der Waals surface area contributed by atoms with Gasteiger partial charge in [0, 0.05) is 6.42 Å². The normalized spacial score (nSPS) is 20.2. The molecule has 0 aromatic rings. The van der Waals surface area contributed by atoms with Crippen molar-refractivity contribution in [3.63, 3.8) is 0 Å². The molecule has 0 aliphatic carbocycles. The zero-order valence-electron chi connectivity index (χ0n) is 46.6. The molecule has 0 saturated carbocycles. The van der Waals surface area contributed by atoms with Crippen LogP contribution in [0.2, 0.25) is 0 Å². The molecule has 8 unspecified atom stereocenters. The molecule has 0 spiro atoms. The Bertz CT molecular complexity index is 1720. The van der Waals surface area contributed by atoms with Crippen LogP contribution in [0.3, 0.4) is 0 Å². The predicted octanol–water partition coefficient (Wildman–Crippen LogP) is 13.3. The molecule has 11 nitrogen and oxygen atoms in total. The summed E-state index contributed by atoms with van der Waals surface area (Å²) in [5.41, 5.74) is 0. The van der Waals surface area contributed by atoms with E-state index in [-0.39, 0.29) is 19.4 Å². The van der Waals surface area contributed by atoms with Gasteiger partial charge in [-0.05, 0) is 96.3 Å². The number of ether oxygens (including phenoxy) is 3. The summed E-state index contributed by atoms with van der Waals surface area (Å²) >= 11 is 0. The Balaban J connectivity index is 2.71. The number of rotatable bonds is 46. The maximum Gasteiger partial charge on any atom is 0.306 e. The molecular formula is C64H103NO10. The number of unbranched alkanes of at least 4 members (excludes halogenated alkanes) is 15. The Morgan fingerprint density at radius 2 is 1.03 bits per heavy atom. The number of carbonyl (C=O) groups is 2. The van der Waals surface area contributed by atoms with Gasteiger partial charge in [-0.25, -0.2) is 0 Å². The molecule has 1 fully saturated rings. The molecule has 424 valence electrons. The molecular weight excluding hydrogens is 943 g/mol. The molecule has 6 N–H and O–H groups in total. The van der Waals surface area contributed by atoms with Crippen LogP contribution in [0.1, 0.15) is 194 Å². The summed E-state index contributed by atoms with van der Waals surface area (Å²) in [5, 5.41) is 56.7.